The second kappa shape index (κ2) is 5.95. The van der Waals surface area contributed by atoms with Crippen molar-refractivity contribution in [2.45, 2.75) is 38.0 Å². The molecule has 5 heterocycles. The number of carbonyl (C=O) groups is 1. The highest BCUT2D eigenvalue weighted by molar-refractivity contribution is 7.19. The Bertz CT molecular complexity index is 809. The van der Waals surface area contributed by atoms with Gasteiger partial charge in [0.2, 0.25) is 0 Å². The van der Waals surface area contributed by atoms with Gasteiger partial charge < -0.3 is 5.32 Å². The largest absolute Gasteiger partial charge is 0.425 e. The quantitative estimate of drug-likeness (QED) is 0.881. The normalized spacial score (nSPS) is 29.1. The fourth-order valence-electron chi connectivity index (χ4n) is 3.97. The molecule has 5 rings (SSSR count). The van der Waals surface area contributed by atoms with E-state index in [2.05, 4.69) is 22.1 Å². The molecule has 3 aliphatic rings. The number of hydrogen-bond acceptors (Lipinski definition) is 4. The van der Waals surface area contributed by atoms with Crippen LogP contribution in [0.5, 0.6) is 0 Å². The van der Waals surface area contributed by atoms with Crippen molar-refractivity contribution in [1.29, 1.82) is 0 Å². The standard InChI is InChI=1S/C17H18F3N3OS/c1-9-15(10-2-4-23(9)5-3-10)22-16(24)12-7-13-11(8-21-12)6-14(25-13)17(18,19)20/h6-10,15H,2-5H2,1H3,(H,22,24)/t9-,15-/m0/s1. The maximum absolute atomic E-state index is 12.8. The molecule has 0 aromatic carbocycles. The third kappa shape index (κ3) is 3.01. The van der Waals surface area contributed by atoms with Gasteiger partial charge in [0, 0.05) is 28.4 Å². The van der Waals surface area contributed by atoms with E-state index in [0.29, 0.717) is 27.3 Å². The van der Waals surface area contributed by atoms with Crippen LogP contribution in [0, 0.1) is 5.92 Å². The Morgan fingerprint density at radius 2 is 2.04 bits per heavy atom. The molecule has 134 valence electrons. The molecule has 0 spiro atoms. The van der Waals surface area contributed by atoms with Crippen molar-refractivity contribution in [3.8, 4) is 0 Å². The summed E-state index contributed by atoms with van der Waals surface area (Å²) in [5.74, 6) is 0.153. The number of rotatable bonds is 2. The van der Waals surface area contributed by atoms with Crippen LogP contribution < -0.4 is 5.32 Å². The van der Waals surface area contributed by atoms with Gasteiger partial charge in [-0.1, -0.05) is 0 Å². The number of halogens is 3. The molecule has 0 unspecified atom stereocenters. The summed E-state index contributed by atoms with van der Waals surface area (Å²) < 4.78 is 38.9. The second-order valence-corrected chi connectivity index (χ2v) is 7.91. The molecule has 0 radical (unpaired) electrons. The van der Waals surface area contributed by atoms with Crippen molar-refractivity contribution >= 4 is 27.3 Å². The van der Waals surface area contributed by atoms with Crippen LogP contribution in [0.3, 0.4) is 0 Å². The Hall–Kier alpha value is -1.67. The lowest BCUT2D eigenvalue weighted by Gasteiger charge is -2.49. The highest BCUT2D eigenvalue weighted by Gasteiger charge is 2.40. The molecule has 8 heteroatoms. The van der Waals surface area contributed by atoms with Crippen LogP contribution in [0.4, 0.5) is 13.2 Å². The number of nitrogens with zero attached hydrogens (tertiary/aromatic N) is 2. The molecular formula is C17H18F3N3OS. The highest BCUT2D eigenvalue weighted by Crippen LogP contribution is 2.38. The molecule has 1 amide bonds. The Kier molecular flexibility index (Phi) is 3.99. The minimum atomic E-state index is -4.38. The molecule has 1 N–H and O–H groups in total. The van der Waals surface area contributed by atoms with Gasteiger partial charge in [-0.25, -0.2) is 0 Å². The van der Waals surface area contributed by atoms with Gasteiger partial charge in [0.15, 0.2) is 0 Å². The van der Waals surface area contributed by atoms with Crippen LogP contribution in [-0.2, 0) is 6.18 Å². The summed E-state index contributed by atoms with van der Waals surface area (Å²) in [4.78, 5) is 18.3. The maximum Gasteiger partial charge on any atom is 0.425 e. The number of carbonyl (C=O) groups excluding carboxylic acids is 1. The zero-order chi connectivity index (χ0) is 17.8. The Morgan fingerprint density at radius 3 is 2.68 bits per heavy atom. The van der Waals surface area contributed by atoms with Gasteiger partial charge >= 0.3 is 6.18 Å². The van der Waals surface area contributed by atoms with E-state index in [-0.39, 0.29) is 23.7 Å². The zero-order valence-electron chi connectivity index (χ0n) is 13.6. The summed E-state index contributed by atoms with van der Waals surface area (Å²) in [5.41, 5.74) is 0.173. The number of aromatic nitrogens is 1. The summed E-state index contributed by atoms with van der Waals surface area (Å²) >= 11 is 0.641. The minimum absolute atomic E-state index is 0.0709. The van der Waals surface area contributed by atoms with Gasteiger partial charge in [-0.15, -0.1) is 11.3 Å². The van der Waals surface area contributed by atoms with Crippen LogP contribution in [-0.4, -0.2) is 41.0 Å². The van der Waals surface area contributed by atoms with Crippen molar-refractivity contribution < 1.29 is 18.0 Å². The van der Waals surface area contributed by atoms with Crippen molar-refractivity contribution in [3.63, 3.8) is 0 Å². The first-order chi connectivity index (χ1) is 11.8. The van der Waals surface area contributed by atoms with Crippen molar-refractivity contribution in [1.82, 2.24) is 15.2 Å². The number of amides is 1. The smallest absolute Gasteiger partial charge is 0.346 e. The van der Waals surface area contributed by atoms with E-state index < -0.39 is 11.1 Å². The third-order valence-electron chi connectivity index (χ3n) is 5.39. The number of fused-ring (bicyclic) bond motifs is 4. The van der Waals surface area contributed by atoms with Gasteiger partial charge in [-0.3, -0.25) is 14.7 Å². The second-order valence-electron chi connectivity index (χ2n) is 6.83. The van der Waals surface area contributed by atoms with E-state index in [1.165, 1.54) is 12.3 Å². The maximum atomic E-state index is 12.8. The SMILES string of the molecule is C[C@H]1[C@H](NC(=O)c2cc3sc(C(F)(F)F)cc3cn2)C2CCN1CC2. The predicted molar refractivity (Wildman–Crippen MR) is 89.6 cm³/mol. The lowest BCUT2D eigenvalue weighted by atomic mass is 9.79. The van der Waals surface area contributed by atoms with Crippen LogP contribution in [0.1, 0.15) is 35.1 Å². The van der Waals surface area contributed by atoms with E-state index in [9.17, 15) is 18.0 Å². The van der Waals surface area contributed by atoms with Crippen LogP contribution >= 0.6 is 11.3 Å². The highest BCUT2D eigenvalue weighted by atomic mass is 32.1. The molecule has 3 aliphatic heterocycles. The summed E-state index contributed by atoms with van der Waals surface area (Å²) in [5, 5.41) is 3.46. The molecule has 25 heavy (non-hydrogen) atoms. The van der Waals surface area contributed by atoms with Gasteiger partial charge in [0.1, 0.15) is 10.6 Å². The lowest BCUT2D eigenvalue weighted by molar-refractivity contribution is -0.134. The summed E-state index contributed by atoms with van der Waals surface area (Å²) in [6.45, 7) is 4.25. The molecule has 2 aromatic heterocycles. The summed E-state index contributed by atoms with van der Waals surface area (Å²) in [6, 6.07) is 2.88. The number of nitrogens with one attached hydrogen (secondary N) is 1. The molecule has 2 bridgehead atoms. The van der Waals surface area contributed by atoms with E-state index in [1.807, 2.05) is 0 Å². The zero-order valence-corrected chi connectivity index (χ0v) is 14.5. The van der Waals surface area contributed by atoms with Gasteiger partial charge in [0.05, 0.1) is 0 Å². The average molecular weight is 369 g/mol. The summed E-state index contributed by atoms with van der Waals surface area (Å²) in [7, 11) is 0. The fraction of sp³-hybridized carbons (Fsp3) is 0.529. The van der Waals surface area contributed by atoms with Crippen molar-refractivity contribution in [2.24, 2.45) is 5.92 Å². The third-order valence-corrected chi connectivity index (χ3v) is 6.53. The molecule has 0 saturated carbocycles. The van der Waals surface area contributed by atoms with Crippen LogP contribution in [0.25, 0.3) is 10.1 Å². The molecule has 3 saturated heterocycles. The molecular weight excluding hydrogens is 351 g/mol. The number of thiophene rings is 1. The first-order valence-electron chi connectivity index (χ1n) is 8.34. The first-order valence-corrected chi connectivity index (χ1v) is 9.16. The van der Waals surface area contributed by atoms with E-state index >= 15 is 0 Å². The Balaban J connectivity index is 1.56. The number of piperidine rings is 3. The Labute approximate surface area is 147 Å². The predicted octanol–water partition coefficient (Wildman–Crippen LogP) is 3.53. The Morgan fingerprint density at radius 1 is 1.32 bits per heavy atom. The van der Waals surface area contributed by atoms with Gasteiger partial charge in [-0.05, 0) is 50.9 Å². The molecule has 3 fully saturated rings. The van der Waals surface area contributed by atoms with Crippen molar-refractivity contribution in [2.75, 3.05) is 13.1 Å². The van der Waals surface area contributed by atoms with E-state index in [1.54, 1.807) is 0 Å². The first kappa shape index (κ1) is 16.8. The fourth-order valence-corrected chi connectivity index (χ4v) is 4.91. The van der Waals surface area contributed by atoms with Crippen LogP contribution in [0.2, 0.25) is 0 Å². The minimum Gasteiger partial charge on any atom is -0.346 e. The number of alkyl halides is 3. The molecule has 2 aromatic rings. The van der Waals surface area contributed by atoms with E-state index in [4.69, 9.17) is 0 Å². The van der Waals surface area contributed by atoms with Gasteiger partial charge in [-0.2, -0.15) is 13.2 Å². The van der Waals surface area contributed by atoms with E-state index in [0.717, 1.165) is 32.0 Å². The lowest BCUT2D eigenvalue weighted by Crippen LogP contribution is -2.62. The molecule has 4 nitrogen and oxygen atoms in total. The summed E-state index contributed by atoms with van der Waals surface area (Å²) in [6.07, 6.45) is -0.892. The average Bonchev–Trinajstić information content (AvgIpc) is 3.02. The molecule has 2 atom stereocenters. The number of pyridine rings is 1. The van der Waals surface area contributed by atoms with Crippen molar-refractivity contribution in [3.05, 3.63) is 28.9 Å². The van der Waals surface area contributed by atoms with Gasteiger partial charge in [0.25, 0.3) is 5.91 Å². The topological polar surface area (TPSA) is 45.2 Å². The monoisotopic (exact) mass is 369 g/mol. The van der Waals surface area contributed by atoms with Crippen LogP contribution in [0.15, 0.2) is 18.3 Å². The number of hydrogen-bond donors (Lipinski definition) is 1. The molecule has 0 aliphatic carbocycles.